The molecule has 4 aromatic rings. The van der Waals surface area contributed by atoms with Crippen LogP contribution in [0, 0.1) is 12.8 Å². The van der Waals surface area contributed by atoms with Gasteiger partial charge in [0.05, 0.1) is 41.3 Å². The second-order valence-electron chi connectivity index (χ2n) is 11.6. The van der Waals surface area contributed by atoms with Crippen molar-refractivity contribution >= 4 is 43.7 Å². The van der Waals surface area contributed by atoms with Gasteiger partial charge >= 0.3 is 6.09 Å². The predicted octanol–water partition coefficient (Wildman–Crippen LogP) is 7.00. The standard InChI is InChI=1S/C32H38BrN3O5/c1-19(14-20(2)35-31(38)41-32(4,5)6)18-40-28-16-27-25(15-26(28)33)24-12-13-34-21(3)29(24)30(37)36(27)17-22-8-10-23(39-7)11-9-22/h8-13,15-16,19-20H,14,17-18H2,1-7H3,(H,35,38). The number of aromatic nitrogens is 2. The molecule has 2 heterocycles. The number of hydrogen-bond donors (Lipinski definition) is 1. The van der Waals surface area contributed by atoms with Crippen molar-refractivity contribution < 1.29 is 19.0 Å². The third kappa shape index (κ3) is 7.38. The Labute approximate surface area is 249 Å². The van der Waals surface area contributed by atoms with Crippen LogP contribution in [0.1, 0.15) is 52.3 Å². The summed E-state index contributed by atoms with van der Waals surface area (Å²) in [5.74, 6) is 1.55. The summed E-state index contributed by atoms with van der Waals surface area (Å²) in [6.07, 6.45) is 2.02. The first kappa shape index (κ1) is 30.4. The molecule has 4 rings (SSSR count). The van der Waals surface area contributed by atoms with Gasteiger partial charge in [-0.05, 0) is 98.1 Å². The van der Waals surface area contributed by atoms with Crippen LogP contribution in [0.15, 0.2) is 57.9 Å². The van der Waals surface area contributed by atoms with E-state index in [0.29, 0.717) is 36.4 Å². The highest BCUT2D eigenvalue weighted by Gasteiger charge is 2.20. The van der Waals surface area contributed by atoms with E-state index < -0.39 is 11.7 Å². The van der Waals surface area contributed by atoms with Crippen molar-refractivity contribution in [2.45, 2.75) is 66.2 Å². The van der Waals surface area contributed by atoms with E-state index in [4.69, 9.17) is 14.2 Å². The molecule has 0 fully saturated rings. The smallest absolute Gasteiger partial charge is 0.407 e. The lowest BCUT2D eigenvalue weighted by Gasteiger charge is -2.23. The van der Waals surface area contributed by atoms with Gasteiger partial charge in [-0.25, -0.2) is 4.79 Å². The Bertz CT molecular complexity index is 1610. The zero-order valence-corrected chi connectivity index (χ0v) is 26.3. The average molecular weight is 625 g/mol. The molecule has 1 N–H and O–H groups in total. The first-order chi connectivity index (χ1) is 19.4. The number of carbonyl (C=O) groups excluding carboxylic acids is 1. The number of ether oxygens (including phenoxy) is 3. The fraction of sp³-hybridized carbons (Fsp3) is 0.406. The minimum absolute atomic E-state index is 0.0821. The molecule has 218 valence electrons. The zero-order chi connectivity index (χ0) is 29.9. The lowest BCUT2D eigenvalue weighted by Crippen LogP contribution is -2.38. The van der Waals surface area contributed by atoms with Crippen LogP contribution in [0.25, 0.3) is 21.7 Å². The Morgan fingerprint density at radius 2 is 1.80 bits per heavy atom. The van der Waals surface area contributed by atoms with Crippen LogP contribution in [0.2, 0.25) is 0 Å². The van der Waals surface area contributed by atoms with Gasteiger partial charge in [0, 0.05) is 23.7 Å². The van der Waals surface area contributed by atoms with E-state index in [1.54, 1.807) is 17.9 Å². The summed E-state index contributed by atoms with van der Waals surface area (Å²) in [6.45, 7) is 12.2. The number of halogens is 1. The third-order valence-corrected chi connectivity index (χ3v) is 7.39. The Kier molecular flexibility index (Phi) is 9.27. The van der Waals surface area contributed by atoms with Crippen LogP contribution in [0.3, 0.4) is 0 Å². The van der Waals surface area contributed by atoms with Crippen LogP contribution in [-0.4, -0.2) is 41.0 Å². The molecule has 0 aliphatic rings. The molecule has 9 heteroatoms. The van der Waals surface area contributed by atoms with Gasteiger partial charge in [-0.3, -0.25) is 9.78 Å². The van der Waals surface area contributed by atoms with E-state index in [2.05, 4.69) is 33.2 Å². The van der Waals surface area contributed by atoms with Gasteiger partial charge in [0.25, 0.3) is 5.56 Å². The van der Waals surface area contributed by atoms with Crippen molar-refractivity contribution in [1.29, 1.82) is 0 Å². The highest BCUT2D eigenvalue weighted by molar-refractivity contribution is 9.10. The summed E-state index contributed by atoms with van der Waals surface area (Å²) in [6, 6.07) is 13.4. The predicted molar refractivity (Wildman–Crippen MR) is 166 cm³/mol. The Balaban J connectivity index is 1.63. The van der Waals surface area contributed by atoms with Gasteiger partial charge in [-0.1, -0.05) is 19.1 Å². The van der Waals surface area contributed by atoms with E-state index in [0.717, 1.165) is 32.1 Å². The highest BCUT2D eigenvalue weighted by atomic mass is 79.9. The summed E-state index contributed by atoms with van der Waals surface area (Å²) in [5, 5.41) is 5.28. The molecule has 0 spiro atoms. The van der Waals surface area contributed by atoms with Crippen LogP contribution < -0.4 is 20.3 Å². The van der Waals surface area contributed by atoms with Gasteiger partial charge in [0.15, 0.2) is 0 Å². The molecule has 41 heavy (non-hydrogen) atoms. The molecule has 2 aromatic heterocycles. The maximum Gasteiger partial charge on any atom is 0.407 e. The van der Waals surface area contributed by atoms with Gasteiger partial charge in [-0.2, -0.15) is 0 Å². The topological polar surface area (TPSA) is 91.7 Å². The second kappa shape index (κ2) is 12.5. The monoisotopic (exact) mass is 623 g/mol. The number of benzene rings is 2. The first-order valence-electron chi connectivity index (χ1n) is 13.7. The van der Waals surface area contributed by atoms with E-state index in [1.807, 2.05) is 77.1 Å². The van der Waals surface area contributed by atoms with Crippen LogP contribution in [-0.2, 0) is 11.3 Å². The largest absolute Gasteiger partial charge is 0.497 e. The number of carbonyl (C=O) groups is 1. The van der Waals surface area contributed by atoms with Gasteiger partial charge < -0.3 is 24.1 Å². The van der Waals surface area contributed by atoms with Crippen LogP contribution in [0.5, 0.6) is 11.5 Å². The number of nitrogens with zero attached hydrogens (tertiary/aromatic N) is 2. The van der Waals surface area contributed by atoms with Crippen molar-refractivity contribution in [2.75, 3.05) is 13.7 Å². The molecule has 0 bridgehead atoms. The number of amides is 1. The average Bonchev–Trinajstić information content (AvgIpc) is 2.89. The number of hydrogen-bond acceptors (Lipinski definition) is 6. The number of pyridine rings is 2. The number of methoxy groups -OCH3 is 1. The van der Waals surface area contributed by atoms with E-state index >= 15 is 0 Å². The SMILES string of the molecule is COc1ccc(Cn2c(=O)c3c(C)nccc3c3cc(Br)c(OCC(C)CC(C)NC(=O)OC(C)(C)C)cc32)cc1. The van der Waals surface area contributed by atoms with E-state index in [9.17, 15) is 9.59 Å². The molecule has 8 nitrogen and oxygen atoms in total. The Hall–Kier alpha value is -3.59. The van der Waals surface area contributed by atoms with Crippen molar-refractivity contribution in [3.8, 4) is 11.5 Å². The molecular formula is C32H38BrN3O5. The molecule has 1 amide bonds. The first-order valence-corrected chi connectivity index (χ1v) is 14.5. The van der Waals surface area contributed by atoms with Gasteiger partial charge in [0.1, 0.15) is 17.1 Å². The minimum Gasteiger partial charge on any atom is -0.497 e. The third-order valence-electron chi connectivity index (χ3n) is 6.77. The summed E-state index contributed by atoms with van der Waals surface area (Å²) < 4.78 is 19.5. The van der Waals surface area contributed by atoms with Crippen molar-refractivity contribution in [1.82, 2.24) is 14.9 Å². The number of rotatable bonds is 9. The van der Waals surface area contributed by atoms with Crippen molar-refractivity contribution in [3.05, 3.63) is 74.7 Å². The lowest BCUT2D eigenvalue weighted by atomic mass is 10.0. The van der Waals surface area contributed by atoms with E-state index in [-0.39, 0.29) is 17.5 Å². The van der Waals surface area contributed by atoms with Crippen LogP contribution >= 0.6 is 15.9 Å². The summed E-state index contributed by atoms with van der Waals surface area (Å²) in [4.78, 5) is 30.4. The van der Waals surface area contributed by atoms with Crippen molar-refractivity contribution in [2.24, 2.45) is 5.92 Å². The molecule has 0 saturated carbocycles. The summed E-state index contributed by atoms with van der Waals surface area (Å²) >= 11 is 3.69. The molecule has 0 radical (unpaired) electrons. The van der Waals surface area contributed by atoms with E-state index in [1.165, 1.54) is 0 Å². The molecule has 0 saturated heterocycles. The van der Waals surface area contributed by atoms with Crippen LogP contribution in [0.4, 0.5) is 4.79 Å². The molecule has 2 atom stereocenters. The molecule has 2 aromatic carbocycles. The lowest BCUT2D eigenvalue weighted by molar-refractivity contribution is 0.0500. The number of alkyl carbamates (subject to hydrolysis) is 1. The zero-order valence-electron chi connectivity index (χ0n) is 24.7. The highest BCUT2D eigenvalue weighted by Crippen LogP contribution is 2.34. The molecular weight excluding hydrogens is 586 g/mol. The van der Waals surface area contributed by atoms with Crippen molar-refractivity contribution in [3.63, 3.8) is 0 Å². The van der Waals surface area contributed by atoms with Gasteiger partial charge in [-0.15, -0.1) is 0 Å². The fourth-order valence-electron chi connectivity index (χ4n) is 4.94. The number of aryl methyl sites for hydroxylation is 1. The summed E-state index contributed by atoms with van der Waals surface area (Å²) in [7, 11) is 1.63. The Morgan fingerprint density at radius 3 is 2.46 bits per heavy atom. The maximum atomic E-state index is 13.9. The van der Waals surface area contributed by atoms with Gasteiger partial charge in [0.2, 0.25) is 0 Å². The minimum atomic E-state index is -0.546. The molecule has 0 aliphatic heterocycles. The number of nitrogens with one attached hydrogen (secondary N) is 1. The summed E-state index contributed by atoms with van der Waals surface area (Å²) in [5.41, 5.74) is 1.79. The molecule has 0 aliphatic carbocycles. The quantitative estimate of drug-likeness (QED) is 0.202. The maximum absolute atomic E-state index is 13.9. The normalized spacial score (nSPS) is 13.2. The fourth-order valence-corrected chi connectivity index (χ4v) is 5.40. The Morgan fingerprint density at radius 1 is 1.10 bits per heavy atom. The molecule has 2 unspecified atom stereocenters. The second-order valence-corrected chi connectivity index (χ2v) is 12.4. The number of fused-ring (bicyclic) bond motifs is 3.